The highest BCUT2D eigenvalue weighted by molar-refractivity contribution is 4.89. The van der Waals surface area contributed by atoms with Crippen molar-refractivity contribution in [2.45, 2.75) is 57.8 Å². The molecule has 2 heterocycles. The molecule has 2 saturated heterocycles. The first-order valence-corrected chi connectivity index (χ1v) is 7.61. The Hall–Kier alpha value is -0.160. The molecule has 1 unspecified atom stereocenters. The van der Waals surface area contributed by atoms with E-state index >= 15 is 0 Å². The van der Waals surface area contributed by atoms with Crippen molar-refractivity contribution < 1.29 is 9.47 Å². The van der Waals surface area contributed by atoms with Crippen LogP contribution in [0.4, 0.5) is 0 Å². The van der Waals surface area contributed by atoms with Crippen LogP contribution in [-0.2, 0) is 9.47 Å². The molecule has 0 radical (unpaired) electrons. The number of ether oxygens (including phenoxy) is 2. The fourth-order valence-corrected chi connectivity index (χ4v) is 3.41. The predicted octanol–water partition coefficient (Wildman–Crippen LogP) is 1.64. The van der Waals surface area contributed by atoms with Crippen molar-refractivity contribution in [3.05, 3.63) is 0 Å². The monoisotopic (exact) mass is 270 g/mol. The number of nitrogens with zero attached hydrogens (tertiary/aromatic N) is 1. The fourth-order valence-electron chi connectivity index (χ4n) is 3.41. The number of nitrogens with one attached hydrogen (secondary N) is 1. The third kappa shape index (κ3) is 5.03. The zero-order valence-corrected chi connectivity index (χ0v) is 13.0. The minimum atomic E-state index is -0.0453. The summed E-state index contributed by atoms with van der Waals surface area (Å²) in [5, 5.41) is 3.52. The molecular formula is C15H30N2O2. The molecule has 19 heavy (non-hydrogen) atoms. The van der Waals surface area contributed by atoms with Crippen LogP contribution in [0.5, 0.6) is 0 Å². The van der Waals surface area contributed by atoms with E-state index < -0.39 is 0 Å². The Morgan fingerprint density at radius 3 is 2.42 bits per heavy atom. The van der Waals surface area contributed by atoms with Gasteiger partial charge in [-0.3, -0.25) is 4.90 Å². The van der Waals surface area contributed by atoms with Gasteiger partial charge >= 0.3 is 0 Å². The molecule has 4 heteroatoms. The third-order valence-electron chi connectivity index (χ3n) is 3.76. The molecule has 0 amide bonds. The predicted molar refractivity (Wildman–Crippen MR) is 77.5 cm³/mol. The van der Waals surface area contributed by atoms with Gasteiger partial charge < -0.3 is 14.8 Å². The summed E-state index contributed by atoms with van der Waals surface area (Å²) in [6.45, 7) is 14.8. The van der Waals surface area contributed by atoms with Gasteiger partial charge in [0.25, 0.3) is 0 Å². The molecule has 2 rings (SSSR count). The second kappa shape index (κ2) is 6.08. The first-order valence-electron chi connectivity index (χ1n) is 7.61. The van der Waals surface area contributed by atoms with Gasteiger partial charge in [-0.1, -0.05) is 0 Å². The van der Waals surface area contributed by atoms with E-state index in [0.29, 0.717) is 6.10 Å². The van der Waals surface area contributed by atoms with E-state index in [-0.39, 0.29) is 11.2 Å². The Labute approximate surface area is 117 Å². The maximum atomic E-state index is 6.10. The molecule has 1 atom stereocenters. The van der Waals surface area contributed by atoms with Crippen molar-refractivity contribution >= 4 is 0 Å². The lowest BCUT2D eigenvalue weighted by molar-refractivity contribution is -0.180. The Balaban J connectivity index is 1.67. The van der Waals surface area contributed by atoms with Gasteiger partial charge in [-0.2, -0.15) is 0 Å². The average Bonchev–Trinajstić information content (AvgIpc) is 2.72. The van der Waals surface area contributed by atoms with Gasteiger partial charge in [-0.05, 0) is 40.5 Å². The molecule has 2 aliphatic rings. The van der Waals surface area contributed by atoms with E-state index in [9.17, 15) is 0 Å². The smallest absolute Gasteiger partial charge is 0.0760 e. The first kappa shape index (κ1) is 15.2. The van der Waals surface area contributed by atoms with Crippen molar-refractivity contribution in [2.75, 3.05) is 39.3 Å². The fraction of sp³-hybridized carbons (Fsp3) is 1.00. The molecule has 0 aromatic rings. The summed E-state index contributed by atoms with van der Waals surface area (Å²) >= 11 is 0. The minimum Gasteiger partial charge on any atom is -0.377 e. The lowest BCUT2D eigenvalue weighted by atomic mass is 9.99. The van der Waals surface area contributed by atoms with Crippen molar-refractivity contribution in [2.24, 2.45) is 0 Å². The van der Waals surface area contributed by atoms with Gasteiger partial charge in [0, 0.05) is 39.3 Å². The van der Waals surface area contributed by atoms with Crippen LogP contribution in [0.15, 0.2) is 0 Å². The summed E-state index contributed by atoms with van der Waals surface area (Å²) in [6.07, 6.45) is 2.88. The normalized spacial score (nSPS) is 30.6. The zero-order valence-electron chi connectivity index (χ0n) is 13.0. The minimum absolute atomic E-state index is 0.0453. The molecule has 2 fully saturated rings. The van der Waals surface area contributed by atoms with Crippen molar-refractivity contribution in [1.29, 1.82) is 0 Å². The van der Waals surface area contributed by atoms with Crippen LogP contribution in [0.3, 0.4) is 0 Å². The van der Waals surface area contributed by atoms with E-state index in [1.165, 1.54) is 12.8 Å². The SMILES string of the molecule is CC1(C)CN(CCNCC2CCCO2)CC(C)(C)O1. The number of hydrogen-bond acceptors (Lipinski definition) is 4. The van der Waals surface area contributed by atoms with Crippen LogP contribution in [-0.4, -0.2) is 61.5 Å². The van der Waals surface area contributed by atoms with Gasteiger partial charge in [0.2, 0.25) is 0 Å². The van der Waals surface area contributed by atoms with E-state index in [4.69, 9.17) is 9.47 Å². The van der Waals surface area contributed by atoms with Crippen LogP contribution in [0.25, 0.3) is 0 Å². The van der Waals surface area contributed by atoms with E-state index in [1.807, 2.05) is 0 Å². The largest absolute Gasteiger partial charge is 0.377 e. The standard InChI is InChI=1S/C15H30N2O2/c1-14(2)11-17(12-15(3,4)19-14)8-7-16-10-13-6-5-9-18-13/h13,16H,5-12H2,1-4H3. The van der Waals surface area contributed by atoms with Gasteiger partial charge in [0.15, 0.2) is 0 Å². The second-order valence-electron chi connectivity index (χ2n) is 7.17. The number of morpholine rings is 1. The Bertz CT molecular complexity index is 270. The molecule has 0 aliphatic carbocycles. The Morgan fingerprint density at radius 2 is 1.84 bits per heavy atom. The topological polar surface area (TPSA) is 33.7 Å². The first-order chi connectivity index (χ1) is 8.86. The molecule has 0 spiro atoms. The van der Waals surface area contributed by atoms with Crippen molar-refractivity contribution in [3.63, 3.8) is 0 Å². The summed E-state index contributed by atoms with van der Waals surface area (Å²) in [6, 6.07) is 0. The second-order valence-corrected chi connectivity index (χ2v) is 7.17. The zero-order chi connectivity index (χ0) is 13.9. The third-order valence-corrected chi connectivity index (χ3v) is 3.76. The lowest BCUT2D eigenvalue weighted by Gasteiger charge is -2.47. The highest BCUT2D eigenvalue weighted by Gasteiger charge is 2.37. The highest BCUT2D eigenvalue weighted by Crippen LogP contribution is 2.27. The van der Waals surface area contributed by atoms with Crippen LogP contribution >= 0.6 is 0 Å². The molecule has 0 aromatic carbocycles. The summed E-state index contributed by atoms with van der Waals surface area (Å²) in [7, 11) is 0. The highest BCUT2D eigenvalue weighted by atomic mass is 16.5. The summed E-state index contributed by atoms with van der Waals surface area (Å²) in [5.41, 5.74) is -0.0906. The van der Waals surface area contributed by atoms with Crippen molar-refractivity contribution in [3.8, 4) is 0 Å². The van der Waals surface area contributed by atoms with Gasteiger partial charge in [0.05, 0.1) is 17.3 Å². The summed E-state index contributed by atoms with van der Waals surface area (Å²) in [4.78, 5) is 2.51. The Morgan fingerprint density at radius 1 is 1.16 bits per heavy atom. The van der Waals surface area contributed by atoms with Gasteiger partial charge in [-0.15, -0.1) is 0 Å². The van der Waals surface area contributed by atoms with E-state index in [1.54, 1.807) is 0 Å². The molecule has 4 nitrogen and oxygen atoms in total. The van der Waals surface area contributed by atoms with Crippen LogP contribution < -0.4 is 5.32 Å². The maximum absolute atomic E-state index is 6.10. The molecule has 1 N–H and O–H groups in total. The van der Waals surface area contributed by atoms with E-state index in [0.717, 1.165) is 39.3 Å². The summed E-state index contributed by atoms with van der Waals surface area (Å²) in [5.74, 6) is 0. The summed E-state index contributed by atoms with van der Waals surface area (Å²) < 4.78 is 11.7. The number of hydrogen-bond donors (Lipinski definition) is 1. The van der Waals surface area contributed by atoms with Crippen LogP contribution in [0, 0.1) is 0 Å². The van der Waals surface area contributed by atoms with Gasteiger partial charge in [-0.25, -0.2) is 0 Å². The molecule has 2 aliphatic heterocycles. The van der Waals surface area contributed by atoms with E-state index in [2.05, 4.69) is 37.9 Å². The average molecular weight is 270 g/mol. The van der Waals surface area contributed by atoms with Gasteiger partial charge in [0.1, 0.15) is 0 Å². The lowest BCUT2D eigenvalue weighted by Crippen LogP contribution is -2.58. The molecular weight excluding hydrogens is 240 g/mol. The Kier molecular flexibility index (Phi) is 4.88. The molecule has 0 bridgehead atoms. The molecule has 0 saturated carbocycles. The van der Waals surface area contributed by atoms with Crippen LogP contribution in [0.1, 0.15) is 40.5 Å². The number of rotatable bonds is 5. The molecule has 0 aromatic heterocycles. The maximum Gasteiger partial charge on any atom is 0.0760 e. The molecule has 112 valence electrons. The quantitative estimate of drug-likeness (QED) is 0.770. The van der Waals surface area contributed by atoms with Crippen LogP contribution in [0.2, 0.25) is 0 Å². The van der Waals surface area contributed by atoms with Crippen molar-refractivity contribution in [1.82, 2.24) is 10.2 Å².